The normalized spacial score (nSPS) is 35.3. The molecular formula is C11H17N3O. The van der Waals surface area contributed by atoms with E-state index in [0.717, 1.165) is 12.1 Å². The number of primary amides is 1. The number of nitrogens with one attached hydrogen (secondary N) is 1. The van der Waals surface area contributed by atoms with Crippen LogP contribution < -0.4 is 11.2 Å². The van der Waals surface area contributed by atoms with Crippen LogP contribution in [0.3, 0.4) is 0 Å². The molecule has 0 radical (unpaired) electrons. The lowest BCUT2D eigenvalue weighted by Gasteiger charge is -2.18. The molecule has 0 aromatic heterocycles. The Morgan fingerprint density at radius 2 is 2.40 bits per heavy atom. The molecule has 82 valence electrons. The average molecular weight is 207 g/mol. The predicted molar refractivity (Wildman–Crippen MR) is 59.3 cm³/mol. The van der Waals surface area contributed by atoms with Gasteiger partial charge in [-0.05, 0) is 31.3 Å². The van der Waals surface area contributed by atoms with Crippen molar-refractivity contribution < 1.29 is 4.79 Å². The van der Waals surface area contributed by atoms with Crippen LogP contribution in [0.15, 0.2) is 16.8 Å². The average Bonchev–Trinajstić information content (AvgIpc) is 2.82. The molecule has 0 aromatic rings. The van der Waals surface area contributed by atoms with Crippen LogP contribution >= 0.6 is 0 Å². The topological polar surface area (TPSA) is 67.5 Å². The molecule has 1 saturated carbocycles. The molecule has 4 nitrogen and oxygen atoms in total. The third-order valence-electron chi connectivity index (χ3n) is 3.71. The lowest BCUT2D eigenvalue weighted by molar-refractivity contribution is 0.249. The number of hydrazone groups is 1. The zero-order valence-corrected chi connectivity index (χ0v) is 9.37. The fraction of sp³-hybridized carbons (Fsp3) is 0.636. The van der Waals surface area contributed by atoms with Gasteiger partial charge in [0.15, 0.2) is 0 Å². The van der Waals surface area contributed by atoms with E-state index in [-0.39, 0.29) is 5.41 Å². The van der Waals surface area contributed by atoms with Gasteiger partial charge in [-0.3, -0.25) is 0 Å². The summed E-state index contributed by atoms with van der Waals surface area (Å²) in [7, 11) is 0. The van der Waals surface area contributed by atoms with Gasteiger partial charge in [0.25, 0.3) is 0 Å². The van der Waals surface area contributed by atoms with Gasteiger partial charge in [0.2, 0.25) is 0 Å². The number of rotatable bonds is 2. The van der Waals surface area contributed by atoms with Crippen LogP contribution in [0.5, 0.6) is 0 Å². The SMILES string of the molecule is CC1=CC(=NNC(N)=O)C2(C(C)C)CC12. The Kier molecular flexibility index (Phi) is 2.10. The van der Waals surface area contributed by atoms with Gasteiger partial charge < -0.3 is 5.73 Å². The molecule has 0 saturated heterocycles. The first-order valence-corrected chi connectivity index (χ1v) is 5.30. The van der Waals surface area contributed by atoms with E-state index in [4.69, 9.17) is 5.73 Å². The van der Waals surface area contributed by atoms with Crippen LogP contribution in [-0.4, -0.2) is 11.7 Å². The van der Waals surface area contributed by atoms with Crippen LogP contribution in [0.4, 0.5) is 4.79 Å². The molecule has 2 aliphatic rings. The monoisotopic (exact) mass is 207 g/mol. The second-order valence-electron chi connectivity index (χ2n) is 4.81. The van der Waals surface area contributed by atoms with E-state index in [2.05, 4.69) is 37.4 Å². The molecular weight excluding hydrogens is 190 g/mol. The van der Waals surface area contributed by atoms with Gasteiger partial charge in [-0.1, -0.05) is 19.4 Å². The summed E-state index contributed by atoms with van der Waals surface area (Å²) in [6, 6.07) is -0.600. The van der Waals surface area contributed by atoms with Gasteiger partial charge in [-0.15, -0.1) is 0 Å². The Hall–Kier alpha value is -1.32. The van der Waals surface area contributed by atoms with E-state index in [1.54, 1.807) is 0 Å². The summed E-state index contributed by atoms with van der Waals surface area (Å²) in [5.74, 6) is 1.18. The Morgan fingerprint density at radius 1 is 1.73 bits per heavy atom. The number of hydrogen-bond acceptors (Lipinski definition) is 2. The molecule has 0 bridgehead atoms. The van der Waals surface area contributed by atoms with Crippen LogP contribution in [0.25, 0.3) is 0 Å². The number of urea groups is 1. The van der Waals surface area contributed by atoms with Crippen molar-refractivity contribution in [1.29, 1.82) is 0 Å². The predicted octanol–water partition coefficient (Wildman–Crippen LogP) is 1.63. The first kappa shape index (κ1) is 10.2. The molecule has 2 amide bonds. The van der Waals surface area contributed by atoms with E-state index >= 15 is 0 Å². The third kappa shape index (κ3) is 1.35. The zero-order valence-electron chi connectivity index (χ0n) is 9.37. The van der Waals surface area contributed by atoms with E-state index < -0.39 is 6.03 Å². The van der Waals surface area contributed by atoms with Crippen molar-refractivity contribution in [2.75, 3.05) is 0 Å². The highest BCUT2D eigenvalue weighted by atomic mass is 16.2. The minimum atomic E-state index is -0.600. The maximum Gasteiger partial charge on any atom is 0.332 e. The minimum Gasteiger partial charge on any atom is -0.350 e. The quantitative estimate of drug-likeness (QED) is 0.664. The summed E-state index contributed by atoms with van der Waals surface area (Å²) in [6.45, 7) is 6.53. The van der Waals surface area contributed by atoms with Crippen molar-refractivity contribution in [3.63, 3.8) is 0 Å². The van der Waals surface area contributed by atoms with Crippen LogP contribution in [0.1, 0.15) is 27.2 Å². The van der Waals surface area contributed by atoms with Crippen molar-refractivity contribution in [2.24, 2.45) is 28.1 Å². The number of carbonyl (C=O) groups is 1. The summed E-state index contributed by atoms with van der Waals surface area (Å²) in [4.78, 5) is 10.6. The van der Waals surface area contributed by atoms with Crippen LogP contribution in [0.2, 0.25) is 0 Å². The molecule has 2 rings (SSSR count). The molecule has 2 aliphatic carbocycles. The van der Waals surface area contributed by atoms with Crippen LogP contribution in [-0.2, 0) is 0 Å². The minimum absolute atomic E-state index is 0.173. The number of nitrogens with zero attached hydrogens (tertiary/aromatic N) is 1. The van der Waals surface area contributed by atoms with Crippen molar-refractivity contribution in [2.45, 2.75) is 27.2 Å². The molecule has 0 spiro atoms. The number of hydrogen-bond donors (Lipinski definition) is 2. The Labute approximate surface area is 89.6 Å². The van der Waals surface area contributed by atoms with Crippen LogP contribution in [0, 0.1) is 17.3 Å². The first-order valence-electron chi connectivity index (χ1n) is 5.30. The summed E-state index contributed by atoms with van der Waals surface area (Å²) in [5.41, 5.74) is 9.86. The molecule has 1 fully saturated rings. The third-order valence-corrected chi connectivity index (χ3v) is 3.71. The van der Waals surface area contributed by atoms with E-state index in [0.29, 0.717) is 11.8 Å². The summed E-state index contributed by atoms with van der Waals surface area (Å²) >= 11 is 0. The fourth-order valence-electron chi connectivity index (χ4n) is 2.77. The maximum atomic E-state index is 10.6. The highest BCUT2D eigenvalue weighted by molar-refractivity contribution is 6.06. The lowest BCUT2D eigenvalue weighted by Crippen LogP contribution is -2.28. The Balaban J connectivity index is 2.24. The van der Waals surface area contributed by atoms with Gasteiger partial charge in [0.1, 0.15) is 0 Å². The van der Waals surface area contributed by atoms with E-state index in [1.807, 2.05) is 0 Å². The van der Waals surface area contributed by atoms with Crippen molar-refractivity contribution in [1.82, 2.24) is 5.43 Å². The van der Waals surface area contributed by atoms with E-state index in [9.17, 15) is 4.79 Å². The molecule has 4 heteroatoms. The lowest BCUT2D eigenvalue weighted by atomic mass is 9.88. The molecule has 2 unspecified atom stereocenters. The smallest absolute Gasteiger partial charge is 0.332 e. The largest absolute Gasteiger partial charge is 0.350 e. The fourth-order valence-corrected chi connectivity index (χ4v) is 2.77. The zero-order chi connectivity index (χ0) is 11.2. The summed E-state index contributed by atoms with van der Waals surface area (Å²) in [6.07, 6.45) is 3.23. The van der Waals surface area contributed by atoms with Gasteiger partial charge >= 0.3 is 6.03 Å². The van der Waals surface area contributed by atoms with Gasteiger partial charge in [-0.2, -0.15) is 5.10 Å². The first-order chi connectivity index (χ1) is 6.98. The maximum absolute atomic E-state index is 10.6. The number of nitrogens with two attached hydrogens (primary N) is 1. The van der Waals surface area contributed by atoms with Gasteiger partial charge in [-0.25, -0.2) is 10.2 Å². The van der Waals surface area contributed by atoms with Gasteiger partial charge in [0, 0.05) is 5.41 Å². The second-order valence-corrected chi connectivity index (χ2v) is 4.81. The highest BCUT2D eigenvalue weighted by Gasteiger charge is 2.62. The van der Waals surface area contributed by atoms with E-state index in [1.165, 1.54) is 5.57 Å². The molecule has 15 heavy (non-hydrogen) atoms. The number of amides is 2. The molecule has 2 atom stereocenters. The molecule has 3 N–H and O–H groups in total. The Morgan fingerprint density at radius 3 is 2.87 bits per heavy atom. The standard InChI is InChI=1S/C11H17N3O/c1-6(2)11-5-8(11)7(3)4-9(11)13-14-10(12)15/h4,6,8H,5H2,1-3H3,(H3,12,14,15). The molecule has 0 aromatic carbocycles. The number of carbonyl (C=O) groups excluding carboxylic acids is 1. The van der Waals surface area contributed by atoms with Gasteiger partial charge in [0.05, 0.1) is 5.71 Å². The summed E-state index contributed by atoms with van der Waals surface area (Å²) < 4.78 is 0. The van der Waals surface area contributed by atoms with Crippen molar-refractivity contribution in [3.8, 4) is 0 Å². The highest BCUT2D eigenvalue weighted by Crippen LogP contribution is 2.65. The second kappa shape index (κ2) is 3.08. The molecule has 0 aliphatic heterocycles. The van der Waals surface area contributed by atoms with Crippen molar-refractivity contribution >= 4 is 11.7 Å². The van der Waals surface area contributed by atoms with Crippen molar-refractivity contribution in [3.05, 3.63) is 11.6 Å². The Bertz CT molecular complexity index is 370. The summed E-state index contributed by atoms with van der Waals surface area (Å²) in [5, 5.41) is 4.10. The number of fused-ring (bicyclic) bond motifs is 1. The number of allylic oxidation sites excluding steroid dienone is 2. The molecule has 0 heterocycles.